The molecule has 0 saturated carbocycles. The average molecular weight is 384 g/mol. The number of fused-ring (bicyclic) bond motifs is 1. The summed E-state index contributed by atoms with van der Waals surface area (Å²) >= 11 is 0. The van der Waals surface area contributed by atoms with Crippen LogP contribution >= 0.6 is 0 Å². The Morgan fingerprint density at radius 2 is 1.89 bits per heavy atom. The third-order valence-electron chi connectivity index (χ3n) is 4.66. The molecule has 0 bridgehead atoms. The van der Waals surface area contributed by atoms with Crippen LogP contribution in [0.4, 0.5) is 5.69 Å². The molecular formula is C21H24N2O5. The topological polar surface area (TPSA) is 77.1 Å². The van der Waals surface area contributed by atoms with Gasteiger partial charge in [-0.3, -0.25) is 9.59 Å². The number of hydrogen-bond acceptors (Lipinski definition) is 5. The van der Waals surface area contributed by atoms with E-state index in [2.05, 4.69) is 5.32 Å². The van der Waals surface area contributed by atoms with Gasteiger partial charge in [-0.2, -0.15) is 0 Å². The lowest BCUT2D eigenvalue weighted by atomic mass is 10.1. The third-order valence-corrected chi connectivity index (χ3v) is 4.66. The number of methoxy groups -OCH3 is 2. The first-order chi connectivity index (χ1) is 13.5. The van der Waals surface area contributed by atoms with Gasteiger partial charge >= 0.3 is 0 Å². The predicted molar refractivity (Wildman–Crippen MR) is 105 cm³/mol. The van der Waals surface area contributed by atoms with E-state index in [4.69, 9.17) is 14.2 Å². The summed E-state index contributed by atoms with van der Waals surface area (Å²) in [4.78, 5) is 26.3. The molecule has 2 amide bonds. The SMILES string of the molecule is COc1ccc(CCNC(=O)CC2Oc3ccccc3N(C)C2=O)cc1OC. The number of hydrogen-bond donors (Lipinski definition) is 1. The zero-order chi connectivity index (χ0) is 20.1. The Bertz CT molecular complexity index is 868. The van der Waals surface area contributed by atoms with Gasteiger partial charge in [-0.15, -0.1) is 0 Å². The van der Waals surface area contributed by atoms with E-state index in [0.29, 0.717) is 35.9 Å². The van der Waals surface area contributed by atoms with Crippen LogP contribution in [0.5, 0.6) is 17.2 Å². The quantitative estimate of drug-likeness (QED) is 0.792. The van der Waals surface area contributed by atoms with Gasteiger partial charge in [-0.1, -0.05) is 18.2 Å². The molecule has 1 aliphatic heterocycles. The number of nitrogens with one attached hydrogen (secondary N) is 1. The van der Waals surface area contributed by atoms with E-state index in [1.165, 1.54) is 4.90 Å². The van der Waals surface area contributed by atoms with Crippen molar-refractivity contribution in [2.75, 3.05) is 32.7 Å². The van der Waals surface area contributed by atoms with E-state index >= 15 is 0 Å². The molecule has 2 aromatic rings. The fraction of sp³-hybridized carbons (Fsp3) is 0.333. The number of nitrogens with zero attached hydrogens (tertiary/aromatic N) is 1. The third kappa shape index (κ3) is 4.19. The minimum Gasteiger partial charge on any atom is -0.493 e. The minimum absolute atomic E-state index is 0.0244. The number of anilines is 1. The highest BCUT2D eigenvalue weighted by Crippen LogP contribution is 2.33. The van der Waals surface area contributed by atoms with E-state index in [1.54, 1.807) is 27.3 Å². The fourth-order valence-corrected chi connectivity index (χ4v) is 3.12. The number of rotatable bonds is 7. The van der Waals surface area contributed by atoms with Crippen LogP contribution in [-0.2, 0) is 16.0 Å². The van der Waals surface area contributed by atoms with Gasteiger partial charge < -0.3 is 24.4 Å². The fourth-order valence-electron chi connectivity index (χ4n) is 3.12. The lowest BCUT2D eigenvalue weighted by Crippen LogP contribution is -2.46. The molecule has 0 fully saturated rings. The summed E-state index contributed by atoms with van der Waals surface area (Å²) in [5.41, 5.74) is 1.72. The summed E-state index contributed by atoms with van der Waals surface area (Å²) in [6.07, 6.45) is -0.210. The summed E-state index contributed by atoms with van der Waals surface area (Å²) in [5, 5.41) is 2.84. The van der Waals surface area contributed by atoms with Gasteiger partial charge in [-0.05, 0) is 36.2 Å². The predicted octanol–water partition coefficient (Wildman–Crippen LogP) is 2.18. The van der Waals surface area contributed by atoms with E-state index in [0.717, 1.165) is 5.56 Å². The molecule has 0 aromatic heterocycles. The summed E-state index contributed by atoms with van der Waals surface area (Å²) in [5.74, 6) is 1.45. The second-order valence-electron chi connectivity index (χ2n) is 6.46. The molecule has 7 heteroatoms. The summed E-state index contributed by atoms with van der Waals surface area (Å²) in [6.45, 7) is 0.446. The summed E-state index contributed by atoms with van der Waals surface area (Å²) in [6, 6.07) is 12.9. The van der Waals surface area contributed by atoms with E-state index in [1.807, 2.05) is 36.4 Å². The van der Waals surface area contributed by atoms with Gasteiger partial charge in [0.15, 0.2) is 17.6 Å². The molecule has 0 saturated heterocycles. The van der Waals surface area contributed by atoms with Gasteiger partial charge in [0.2, 0.25) is 5.91 Å². The molecule has 0 spiro atoms. The monoisotopic (exact) mass is 384 g/mol. The van der Waals surface area contributed by atoms with Gasteiger partial charge in [0.05, 0.1) is 26.3 Å². The van der Waals surface area contributed by atoms with Crippen LogP contribution in [0.3, 0.4) is 0 Å². The maximum absolute atomic E-state index is 12.4. The van der Waals surface area contributed by atoms with Crippen molar-refractivity contribution in [3.8, 4) is 17.2 Å². The molecule has 0 radical (unpaired) electrons. The number of para-hydroxylation sites is 2. The average Bonchev–Trinajstić information content (AvgIpc) is 2.71. The number of benzene rings is 2. The van der Waals surface area contributed by atoms with Crippen molar-refractivity contribution in [1.29, 1.82) is 0 Å². The molecule has 148 valence electrons. The van der Waals surface area contributed by atoms with Crippen molar-refractivity contribution in [1.82, 2.24) is 5.32 Å². The molecule has 28 heavy (non-hydrogen) atoms. The zero-order valence-electron chi connectivity index (χ0n) is 16.2. The highest BCUT2D eigenvalue weighted by molar-refractivity contribution is 6.01. The van der Waals surface area contributed by atoms with Crippen molar-refractivity contribution in [3.05, 3.63) is 48.0 Å². The van der Waals surface area contributed by atoms with E-state index in [9.17, 15) is 9.59 Å². The van der Waals surface area contributed by atoms with E-state index < -0.39 is 6.10 Å². The molecule has 1 aliphatic rings. The maximum Gasteiger partial charge on any atom is 0.268 e. The second-order valence-corrected chi connectivity index (χ2v) is 6.46. The largest absolute Gasteiger partial charge is 0.493 e. The van der Waals surface area contributed by atoms with Crippen LogP contribution in [0.25, 0.3) is 0 Å². The van der Waals surface area contributed by atoms with Crippen molar-refractivity contribution in [3.63, 3.8) is 0 Å². The Hall–Kier alpha value is -3.22. The number of carbonyl (C=O) groups is 2. The maximum atomic E-state index is 12.4. The number of carbonyl (C=O) groups excluding carboxylic acids is 2. The minimum atomic E-state index is -0.819. The first-order valence-electron chi connectivity index (χ1n) is 9.04. The second kappa shape index (κ2) is 8.65. The van der Waals surface area contributed by atoms with Crippen molar-refractivity contribution >= 4 is 17.5 Å². The Morgan fingerprint density at radius 3 is 2.64 bits per heavy atom. The molecular weight excluding hydrogens is 360 g/mol. The molecule has 1 heterocycles. The smallest absolute Gasteiger partial charge is 0.268 e. The summed E-state index contributed by atoms with van der Waals surface area (Å²) in [7, 11) is 4.85. The van der Waals surface area contributed by atoms with Gasteiger partial charge in [0, 0.05) is 13.6 Å². The highest BCUT2D eigenvalue weighted by Gasteiger charge is 2.33. The number of ether oxygens (including phenoxy) is 3. The van der Waals surface area contributed by atoms with Crippen LogP contribution < -0.4 is 24.4 Å². The normalized spacial score (nSPS) is 15.5. The van der Waals surface area contributed by atoms with Crippen LogP contribution in [0, 0.1) is 0 Å². The molecule has 1 atom stereocenters. The molecule has 1 N–H and O–H groups in total. The molecule has 1 unspecified atom stereocenters. The van der Waals surface area contributed by atoms with Crippen LogP contribution in [0.1, 0.15) is 12.0 Å². The van der Waals surface area contributed by atoms with E-state index in [-0.39, 0.29) is 18.2 Å². The lowest BCUT2D eigenvalue weighted by molar-refractivity contribution is -0.132. The summed E-state index contributed by atoms with van der Waals surface area (Å²) < 4.78 is 16.2. The molecule has 7 nitrogen and oxygen atoms in total. The van der Waals surface area contributed by atoms with Crippen LogP contribution in [0.15, 0.2) is 42.5 Å². The van der Waals surface area contributed by atoms with Gasteiger partial charge in [0.1, 0.15) is 5.75 Å². The first-order valence-corrected chi connectivity index (χ1v) is 9.04. The Morgan fingerprint density at radius 1 is 1.14 bits per heavy atom. The van der Waals surface area contributed by atoms with Gasteiger partial charge in [-0.25, -0.2) is 0 Å². The number of amides is 2. The van der Waals surface area contributed by atoms with Crippen molar-refractivity contribution in [2.24, 2.45) is 0 Å². The molecule has 3 rings (SSSR count). The standard InChI is InChI=1S/C21H24N2O5/c1-23-15-6-4-5-7-16(15)28-19(21(23)25)13-20(24)22-11-10-14-8-9-17(26-2)18(12-14)27-3/h4-9,12,19H,10-11,13H2,1-3H3,(H,22,24). The Balaban J connectivity index is 1.53. The highest BCUT2D eigenvalue weighted by atomic mass is 16.5. The van der Waals surface area contributed by atoms with Crippen molar-refractivity contribution < 1.29 is 23.8 Å². The first kappa shape index (κ1) is 19.5. The Kier molecular flexibility index (Phi) is 6.03. The van der Waals surface area contributed by atoms with Gasteiger partial charge in [0.25, 0.3) is 5.91 Å². The van der Waals surface area contributed by atoms with Crippen LogP contribution in [-0.4, -0.2) is 45.7 Å². The van der Waals surface area contributed by atoms with Crippen LogP contribution in [0.2, 0.25) is 0 Å². The molecule has 0 aliphatic carbocycles. The lowest BCUT2D eigenvalue weighted by Gasteiger charge is -2.31. The molecule has 2 aromatic carbocycles. The Labute approximate surface area is 164 Å². The zero-order valence-corrected chi connectivity index (χ0v) is 16.2. The van der Waals surface area contributed by atoms with Crippen molar-refractivity contribution in [2.45, 2.75) is 18.9 Å². The number of likely N-dealkylation sites (N-methyl/N-ethyl adjacent to an activating group) is 1.